The molecule has 2 nitrogen and oxygen atoms in total. The van der Waals surface area contributed by atoms with Crippen molar-refractivity contribution in [3.05, 3.63) is 59.0 Å². The Balaban J connectivity index is 1.11. The van der Waals surface area contributed by atoms with Crippen LogP contribution in [0.4, 0.5) is 13.2 Å². The molecule has 0 aromatic heterocycles. The van der Waals surface area contributed by atoms with Crippen molar-refractivity contribution in [2.24, 2.45) is 29.6 Å². The summed E-state index contributed by atoms with van der Waals surface area (Å²) in [5, 5.41) is 0. The van der Waals surface area contributed by atoms with E-state index in [9.17, 15) is 4.39 Å². The normalized spacial score (nSPS) is 37.6. The SMILES string of the molecule is CCCC1CCC(C2=CCC(C3C=CC(COC4CCC(C5CO5)C=C4F)=CC3)C(F)=C2F)CC1. The number of hydrogen-bond acceptors (Lipinski definition) is 2. The minimum atomic E-state index is -0.596. The number of epoxide rings is 1. The molecule has 2 fully saturated rings. The third kappa shape index (κ3) is 5.88. The van der Waals surface area contributed by atoms with E-state index >= 15 is 8.78 Å². The van der Waals surface area contributed by atoms with Crippen molar-refractivity contribution < 1.29 is 22.6 Å². The maximum absolute atomic E-state index is 15.2. The highest BCUT2D eigenvalue weighted by Gasteiger charge is 2.37. The van der Waals surface area contributed by atoms with Crippen LogP contribution in [0.3, 0.4) is 0 Å². The van der Waals surface area contributed by atoms with Gasteiger partial charge in [0.2, 0.25) is 0 Å². The molecule has 1 saturated heterocycles. The molecule has 1 aliphatic heterocycles. The maximum atomic E-state index is 15.2. The fraction of sp³-hybridized carbons (Fsp3) is 0.667. The van der Waals surface area contributed by atoms with E-state index in [4.69, 9.17) is 9.47 Å². The molecule has 0 spiro atoms. The largest absolute Gasteiger partial charge is 0.372 e. The minimum absolute atomic E-state index is 0.0618. The molecule has 0 N–H and O–H groups in total. The average Bonchev–Trinajstić information content (AvgIpc) is 3.72. The number of allylic oxidation sites excluding steroid dienone is 6. The second kappa shape index (κ2) is 11.2. The molecule has 5 aliphatic rings. The molecule has 35 heavy (non-hydrogen) atoms. The summed E-state index contributed by atoms with van der Waals surface area (Å²) in [7, 11) is 0. The lowest BCUT2D eigenvalue weighted by molar-refractivity contribution is 0.0616. The molecular formula is C30H39F3O2. The fourth-order valence-electron chi connectivity index (χ4n) is 6.55. The molecule has 4 aliphatic carbocycles. The predicted molar refractivity (Wildman–Crippen MR) is 133 cm³/mol. The van der Waals surface area contributed by atoms with Gasteiger partial charge in [0.1, 0.15) is 17.8 Å². The standard InChI is InChI=1S/C30H39F3O2/c1-2-3-19-4-8-21(9-5-19)24-13-14-25(30(33)29(24)32)22-10-6-20(7-11-22)17-34-27-15-12-23(16-26(27)31)28-18-35-28/h6-7,10,13,16,19,21-23,25,27-28H,2-5,8-9,11-12,14-15,17-18H2,1H3. The van der Waals surface area contributed by atoms with Gasteiger partial charge in [-0.15, -0.1) is 0 Å². The lowest BCUT2D eigenvalue weighted by atomic mass is 9.73. The molecule has 5 unspecified atom stereocenters. The monoisotopic (exact) mass is 488 g/mol. The Labute approximate surface area is 208 Å². The van der Waals surface area contributed by atoms with Crippen LogP contribution in [0.2, 0.25) is 0 Å². The van der Waals surface area contributed by atoms with Gasteiger partial charge in [0.05, 0.1) is 19.3 Å². The molecule has 0 radical (unpaired) electrons. The Morgan fingerprint density at radius 1 is 0.971 bits per heavy atom. The van der Waals surface area contributed by atoms with Crippen molar-refractivity contribution in [3.63, 3.8) is 0 Å². The summed E-state index contributed by atoms with van der Waals surface area (Å²) in [6.07, 6.45) is 18.7. The Morgan fingerprint density at radius 3 is 2.43 bits per heavy atom. The molecule has 0 bridgehead atoms. The van der Waals surface area contributed by atoms with Crippen LogP contribution in [-0.2, 0) is 9.47 Å². The van der Waals surface area contributed by atoms with E-state index < -0.39 is 23.7 Å². The van der Waals surface area contributed by atoms with Gasteiger partial charge in [-0.3, -0.25) is 0 Å². The van der Waals surface area contributed by atoms with Crippen LogP contribution in [0.15, 0.2) is 59.0 Å². The molecule has 0 aromatic rings. The number of hydrogen-bond donors (Lipinski definition) is 0. The molecule has 1 saturated carbocycles. The first-order chi connectivity index (χ1) is 17.0. The molecule has 5 atom stereocenters. The quantitative estimate of drug-likeness (QED) is 0.321. The average molecular weight is 489 g/mol. The summed E-state index contributed by atoms with van der Waals surface area (Å²) in [6, 6.07) is 0. The van der Waals surface area contributed by atoms with Gasteiger partial charge in [-0.25, -0.2) is 13.2 Å². The molecule has 1 heterocycles. The first-order valence-electron chi connectivity index (χ1n) is 13.8. The van der Waals surface area contributed by atoms with Crippen LogP contribution in [0.25, 0.3) is 0 Å². The summed E-state index contributed by atoms with van der Waals surface area (Å²) in [5.41, 5.74) is 1.60. The minimum Gasteiger partial charge on any atom is -0.372 e. The molecule has 5 rings (SSSR count). The van der Waals surface area contributed by atoms with Crippen LogP contribution in [-0.4, -0.2) is 25.4 Å². The van der Waals surface area contributed by atoms with Gasteiger partial charge in [-0.2, -0.15) is 0 Å². The Morgan fingerprint density at radius 2 is 1.77 bits per heavy atom. The first kappa shape index (κ1) is 25.1. The van der Waals surface area contributed by atoms with E-state index in [2.05, 4.69) is 6.92 Å². The first-order valence-corrected chi connectivity index (χ1v) is 13.8. The summed E-state index contributed by atoms with van der Waals surface area (Å²) >= 11 is 0. The predicted octanol–water partition coefficient (Wildman–Crippen LogP) is 8.24. The Hall–Kier alpha value is -1.59. The van der Waals surface area contributed by atoms with E-state index in [1.807, 2.05) is 24.3 Å². The van der Waals surface area contributed by atoms with Crippen molar-refractivity contribution in [1.29, 1.82) is 0 Å². The van der Waals surface area contributed by atoms with Crippen LogP contribution in [0, 0.1) is 29.6 Å². The van der Waals surface area contributed by atoms with Gasteiger partial charge < -0.3 is 9.47 Å². The van der Waals surface area contributed by atoms with E-state index in [-0.39, 0.29) is 29.7 Å². The highest BCUT2D eigenvalue weighted by molar-refractivity contribution is 5.37. The van der Waals surface area contributed by atoms with Crippen LogP contribution < -0.4 is 0 Å². The zero-order valence-electron chi connectivity index (χ0n) is 20.9. The number of ether oxygens (including phenoxy) is 2. The molecular weight excluding hydrogens is 449 g/mol. The third-order valence-corrected chi connectivity index (χ3v) is 8.82. The highest BCUT2D eigenvalue weighted by Crippen LogP contribution is 2.45. The summed E-state index contributed by atoms with van der Waals surface area (Å²) in [6.45, 7) is 3.28. The summed E-state index contributed by atoms with van der Waals surface area (Å²) in [4.78, 5) is 0. The molecule has 0 amide bonds. The number of rotatable bonds is 8. The third-order valence-electron chi connectivity index (χ3n) is 8.82. The topological polar surface area (TPSA) is 21.8 Å². The van der Waals surface area contributed by atoms with Crippen LogP contribution in [0.1, 0.15) is 71.1 Å². The van der Waals surface area contributed by atoms with Crippen molar-refractivity contribution >= 4 is 0 Å². The van der Waals surface area contributed by atoms with Gasteiger partial charge >= 0.3 is 0 Å². The van der Waals surface area contributed by atoms with Gasteiger partial charge in [0.15, 0.2) is 5.83 Å². The lowest BCUT2D eigenvalue weighted by Crippen LogP contribution is -2.24. The van der Waals surface area contributed by atoms with Crippen molar-refractivity contribution in [1.82, 2.24) is 0 Å². The maximum Gasteiger partial charge on any atom is 0.158 e. The zero-order valence-corrected chi connectivity index (χ0v) is 20.9. The summed E-state index contributed by atoms with van der Waals surface area (Å²) in [5.74, 6) is -0.761. The van der Waals surface area contributed by atoms with Crippen molar-refractivity contribution in [2.45, 2.75) is 83.3 Å². The van der Waals surface area contributed by atoms with Crippen LogP contribution >= 0.6 is 0 Å². The van der Waals surface area contributed by atoms with E-state index in [1.54, 1.807) is 6.08 Å². The van der Waals surface area contributed by atoms with Crippen molar-refractivity contribution in [2.75, 3.05) is 13.2 Å². The van der Waals surface area contributed by atoms with Crippen molar-refractivity contribution in [3.8, 4) is 0 Å². The Bertz CT molecular complexity index is 918. The van der Waals surface area contributed by atoms with Gasteiger partial charge in [-0.1, -0.05) is 44.1 Å². The second-order valence-electron chi connectivity index (χ2n) is 11.2. The fourth-order valence-corrected chi connectivity index (χ4v) is 6.55. The number of halogens is 3. The van der Waals surface area contributed by atoms with E-state index in [1.165, 1.54) is 12.8 Å². The lowest BCUT2D eigenvalue weighted by Gasteiger charge is -2.33. The highest BCUT2D eigenvalue weighted by atomic mass is 19.2. The second-order valence-corrected chi connectivity index (χ2v) is 11.2. The molecule has 192 valence electrons. The molecule has 0 aromatic carbocycles. The van der Waals surface area contributed by atoms with Gasteiger partial charge in [0, 0.05) is 11.8 Å². The van der Waals surface area contributed by atoms with Gasteiger partial charge in [-0.05, 0) is 86.3 Å². The zero-order chi connectivity index (χ0) is 24.4. The van der Waals surface area contributed by atoms with Gasteiger partial charge in [0.25, 0.3) is 0 Å². The van der Waals surface area contributed by atoms with E-state index in [0.717, 1.165) is 50.2 Å². The van der Waals surface area contributed by atoms with E-state index in [0.29, 0.717) is 31.4 Å². The Kier molecular flexibility index (Phi) is 8.03. The smallest absolute Gasteiger partial charge is 0.158 e. The summed E-state index contributed by atoms with van der Waals surface area (Å²) < 4.78 is 55.8. The van der Waals surface area contributed by atoms with Crippen LogP contribution in [0.5, 0.6) is 0 Å². The molecule has 5 heteroatoms.